The van der Waals surface area contributed by atoms with Crippen LogP contribution in [0.25, 0.3) is 0 Å². The number of carbonyl (C=O) groups excluding carboxylic acids is 1. The summed E-state index contributed by atoms with van der Waals surface area (Å²) in [6, 6.07) is 3.01. The normalized spacial score (nSPS) is 26.2. The zero-order valence-corrected chi connectivity index (χ0v) is 18.1. The predicted molar refractivity (Wildman–Crippen MR) is 110 cm³/mol. The minimum Gasteiger partial charge on any atom is -0.460 e. The lowest BCUT2D eigenvalue weighted by Gasteiger charge is -2.39. The van der Waals surface area contributed by atoms with E-state index in [4.69, 9.17) is 18.6 Å². The fraction of sp³-hybridized carbons (Fsp3) is 0.773. The van der Waals surface area contributed by atoms with Crippen LogP contribution in [-0.4, -0.2) is 70.3 Å². The number of aliphatic hydroxyl groups is 4. The lowest BCUT2D eigenvalue weighted by atomic mass is 9.99. The molecule has 31 heavy (non-hydrogen) atoms. The topological polar surface area (TPSA) is 139 Å². The molecule has 178 valence electrons. The van der Waals surface area contributed by atoms with E-state index in [0.29, 0.717) is 12.4 Å². The van der Waals surface area contributed by atoms with Crippen molar-refractivity contribution >= 4 is 5.97 Å². The van der Waals surface area contributed by atoms with Crippen molar-refractivity contribution in [1.82, 2.24) is 0 Å². The molecule has 0 radical (unpaired) electrons. The third-order valence-corrected chi connectivity index (χ3v) is 5.33. The SMILES string of the molecule is CCCCCCCCCCOC(=O)c1ccc(CO[C@H]2O[C@H](CO)[C@@H](O)[C@H](O)[C@H]2O)o1. The Morgan fingerprint density at radius 1 is 0.968 bits per heavy atom. The summed E-state index contributed by atoms with van der Waals surface area (Å²) in [5.74, 6) is -0.204. The van der Waals surface area contributed by atoms with Crippen LogP contribution >= 0.6 is 0 Å². The van der Waals surface area contributed by atoms with Gasteiger partial charge in [0.05, 0.1) is 13.2 Å². The van der Waals surface area contributed by atoms with Crippen LogP contribution in [0.4, 0.5) is 0 Å². The molecule has 1 aliphatic rings. The van der Waals surface area contributed by atoms with Gasteiger partial charge in [-0.05, 0) is 18.6 Å². The van der Waals surface area contributed by atoms with Crippen molar-refractivity contribution in [2.75, 3.05) is 13.2 Å². The molecule has 1 fully saturated rings. The maximum absolute atomic E-state index is 12.1. The van der Waals surface area contributed by atoms with Gasteiger partial charge in [0.1, 0.15) is 36.8 Å². The van der Waals surface area contributed by atoms with Crippen molar-refractivity contribution in [1.29, 1.82) is 0 Å². The minimum absolute atomic E-state index is 0.0481. The smallest absolute Gasteiger partial charge is 0.374 e. The molecule has 4 N–H and O–H groups in total. The number of carbonyl (C=O) groups is 1. The van der Waals surface area contributed by atoms with Crippen molar-refractivity contribution in [3.8, 4) is 0 Å². The van der Waals surface area contributed by atoms with E-state index in [1.54, 1.807) is 0 Å². The van der Waals surface area contributed by atoms with E-state index in [1.807, 2.05) is 0 Å². The molecule has 0 unspecified atom stereocenters. The van der Waals surface area contributed by atoms with E-state index >= 15 is 0 Å². The summed E-state index contributed by atoms with van der Waals surface area (Å²) in [6.45, 7) is 1.85. The first kappa shape index (κ1) is 25.8. The highest BCUT2D eigenvalue weighted by Gasteiger charge is 2.44. The Morgan fingerprint density at radius 2 is 1.65 bits per heavy atom. The fourth-order valence-corrected chi connectivity index (χ4v) is 3.41. The van der Waals surface area contributed by atoms with Gasteiger partial charge in [0.25, 0.3) is 0 Å². The maximum Gasteiger partial charge on any atom is 0.374 e. The number of unbranched alkanes of at least 4 members (excludes halogenated alkanes) is 7. The maximum atomic E-state index is 12.1. The molecule has 9 nitrogen and oxygen atoms in total. The summed E-state index contributed by atoms with van der Waals surface area (Å²) in [5.41, 5.74) is 0. The van der Waals surface area contributed by atoms with Crippen molar-refractivity contribution < 1.29 is 43.8 Å². The molecule has 0 amide bonds. The zero-order chi connectivity index (χ0) is 22.6. The zero-order valence-electron chi connectivity index (χ0n) is 18.1. The molecule has 0 bridgehead atoms. The van der Waals surface area contributed by atoms with Crippen molar-refractivity contribution in [2.24, 2.45) is 0 Å². The van der Waals surface area contributed by atoms with Crippen LogP contribution in [-0.2, 0) is 20.8 Å². The van der Waals surface area contributed by atoms with Crippen LogP contribution < -0.4 is 0 Å². The number of hydrogen-bond donors (Lipinski definition) is 4. The fourth-order valence-electron chi connectivity index (χ4n) is 3.41. The molecule has 0 spiro atoms. The van der Waals surface area contributed by atoms with Gasteiger partial charge in [-0.2, -0.15) is 0 Å². The molecular weight excluding hydrogens is 408 g/mol. The molecule has 1 aromatic rings. The molecule has 1 saturated heterocycles. The average Bonchev–Trinajstić information content (AvgIpc) is 3.25. The van der Waals surface area contributed by atoms with E-state index in [9.17, 15) is 25.2 Å². The van der Waals surface area contributed by atoms with Gasteiger partial charge in [-0.1, -0.05) is 51.9 Å². The first-order valence-electron chi connectivity index (χ1n) is 11.2. The van der Waals surface area contributed by atoms with Crippen molar-refractivity contribution in [3.05, 3.63) is 23.7 Å². The first-order valence-corrected chi connectivity index (χ1v) is 11.2. The standard InChI is InChI=1S/C22H36O9/c1-2-3-4-5-6-7-8-9-12-28-21(27)16-11-10-15(30-16)14-29-22-20(26)19(25)18(24)17(13-23)31-22/h10-11,17-20,22-26H,2-9,12-14H2,1H3/t17-,18-,19+,20-,22+/m1/s1. The summed E-state index contributed by atoms with van der Waals surface area (Å²) in [5, 5.41) is 38.7. The van der Waals surface area contributed by atoms with Gasteiger partial charge in [-0.3, -0.25) is 0 Å². The molecule has 0 saturated carbocycles. The van der Waals surface area contributed by atoms with E-state index < -0.39 is 43.3 Å². The quantitative estimate of drug-likeness (QED) is 0.250. The highest BCUT2D eigenvalue weighted by molar-refractivity contribution is 5.86. The van der Waals surface area contributed by atoms with Crippen LogP contribution in [0.1, 0.15) is 74.6 Å². The molecule has 9 heteroatoms. The Hall–Kier alpha value is -1.49. The highest BCUT2D eigenvalue weighted by Crippen LogP contribution is 2.23. The molecule has 0 aromatic carbocycles. The summed E-state index contributed by atoms with van der Waals surface area (Å²) in [4.78, 5) is 12.1. The Labute approximate surface area is 182 Å². The van der Waals surface area contributed by atoms with E-state index in [2.05, 4.69) is 6.92 Å². The number of aliphatic hydroxyl groups excluding tert-OH is 4. The summed E-state index contributed by atoms with van der Waals surface area (Å²) in [6.07, 6.45) is 2.47. The number of esters is 1. The van der Waals surface area contributed by atoms with Gasteiger partial charge < -0.3 is 39.1 Å². The third-order valence-electron chi connectivity index (χ3n) is 5.33. The number of hydrogen-bond acceptors (Lipinski definition) is 9. The van der Waals surface area contributed by atoms with Crippen LogP contribution in [0.5, 0.6) is 0 Å². The number of rotatable bonds is 14. The molecule has 1 aliphatic heterocycles. The Kier molecular flexibility index (Phi) is 11.5. The summed E-state index contributed by atoms with van der Waals surface area (Å²) in [7, 11) is 0. The second kappa shape index (κ2) is 13.8. The minimum atomic E-state index is -1.52. The third kappa shape index (κ3) is 8.17. The van der Waals surface area contributed by atoms with Crippen molar-refractivity contribution in [3.63, 3.8) is 0 Å². The second-order valence-electron chi connectivity index (χ2n) is 7.89. The lowest BCUT2D eigenvalue weighted by Crippen LogP contribution is -2.59. The van der Waals surface area contributed by atoms with Crippen LogP contribution in [0.15, 0.2) is 16.5 Å². The van der Waals surface area contributed by atoms with E-state index in [1.165, 1.54) is 44.2 Å². The molecule has 5 atom stereocenters. The van der Waals surface area contributed by atoms with Gasteiger partial charge in [0.2, 0.25) is 5.76 Å². The van der Waals surface area contributed by atoms with Gasteiger partial charge in [0, 0.05) is 0 Å². The Balaban J connectivity index is 1.66. The highest BCUT2D eigenvalue weighted by atomic mass is 16.7. The number of ether oxygens (including phenoxy) is 3. The second-order valence-corrected chi connectivity index (χ2v) is 7.89. The molecule has 2 rings (SSSR count). The molecule has 2 heterocycles. The van der Waals surface area contributed by atoms with Gasteiger partial charge >= 0.3 is 5.97 Å². The molecular formula is C22H36O9. The molecule has 0 aliphatic carbocycles. The Morgan fingerprint density at radius 3 is 2.32 bits per heavy atom. The number of furan rings is 1. The van der Waals surface area contributed by atoms with Crippen LogP contribution in [0, 0.1) is 0 Å². The average molecular weight is 445 g/mol. The molecule has 1 aromatic heterocycles. The predicted octanol–water partition coefficient (Wildman–Crippen LogP) is 1.89. The van der Waals surface area contributed by atoms with Gasteiger partial charge in [0.15, 0.2) is 6.29 Å². The summed E-state index contributed by atoms with van der Waals surface area (Å²) < 4.78 is 21.3. The van der Waals surface area contributed by atoms with Crippen LogP contribution in [0.2, 0.25) is 0 Å². The monoisotopic (exact) mass is 444 g/mol. The van der Waals surface area contributed by atoms with Gasteiger partial charge in [-0.25, -0.2) is 4.79 Å². The van der Waals surface area contributed by atoms with Gasteiger partial charge in [-0.15, -0.1) is 0 Å². The Bertz CT molecular complexity index is 630. The van der Waals surface area contributed by atoms with Crippen LogP contribution in [0.3, 0.4) is 0 Å². The largest absolute Gasteiger partial charge is 0.460 e. The summed E-state index contributed by atoms with van der Waals surface area (Å²) >= 11 is 0. The van der Waals surface area contributed by atoms with E-state index in [-0.39, 0.29) is 12.4 Å². The lowest BCUT2D eigenvalue weighted by molar-refractivity contribution is -0.304. The van der Waals surface area contributed by atoms with Crippen molar-refractivity contribution in [2.45, 2.75) is 95.6 Å². The first-order chi connectivity index (χ1) is 15.0. The van der Waals surface area contributed by atoms with E-state index in [0.717, 1.165) is 19.3 Å².